The van der Waals surface area contributed by atoms with Crippen LogP contribution in [0, 0.1) is 5.82 Å². The maximum absolute atomic E-state index is 12.8. The first kappa shape index (κ1) is 11.4. The normalized spacial score (nSPS) is 11.3. The topological polar surface area (TPSA) is 26.3 Å². The van der Waals surface area contributed by atoms with E-state index >= 15 is 0 Å². The fraction of sp³-hybridized carbons (Fsp3) is 0.250. The summed E-state index contributed by atoms with van der Waals surface area (Å²) in [5.41, 5.74) is 1.63. The minimum atomic E-state index is -0.318. The molecular weight excluding hydrogens is 195 g/mol. The van der Waals surface area contributed by atoms with Gasteiger partial charge in [-0.15, -0.1) is 0 Å². The van der Waals surface area contributed by atoms with Gasteiger partial charge in [0.15, 0.2) is 0 Å². The summed E-state index contributed by atoms with van der Waals surface area (Å²) >= 11 is 0. The van der Waals surface area contributed by atoms with Crippen molar-refractivity contribution in [3.63, 3.8) is 0 Å². The lowest BCUT2D eigenvalue weighted by Gasteiger charge is -2.02. The summed E-state index contributed by atoms with van der Waals surface area (Å²) in [6.07, 6.45) is 1.78. The van der Waals surface area contributed by atoms with Crippen molar-refractivity contribution in [1.29, 1.82) is 0 Å². The molecule has 0 heterocycles. The molecule has 0 radical (unpaired) electrons. The van der Waals surface area contributed by atoms with Gasteiger partial charge in [0.1, 0.15) is 12.4 Å². The van der Waals surface area contributed by atoms with E-state index in [-0.39, 0.29) is 18.4 Å². The number of halogens is 1. The number of carbonyl (C=O) groups excluding carboxylic acids is 1. The number of carbonyl (C=O) groups is 1. The van der Waals surface area contributed by atoms with Gasteiger partial charge in [0.2, 0.25) is 0 Å². The van der Waals surface area contributed by atoms with Crippen molar-refractivity contribution < 1.29 is 13.9 Å². The van der Waals surface area contributed by atoms with Gasteiger partial charge in [-0.2, -0.15) is 0 Å². The Morgan fingerprint density at radius 3 is 2.80 bits per heavy atom. The second-order valence-electron chi connectivity index (χ2n) is 3.33. The Bertz CT molecular complexity index is 383. The van der Waals surface area contributed by atoms with Gasteiger partial charge in [-0.3, -0.25) is 4.79 Å². The number of benzene rings is 1. The third-order valence-corrected chi connectivity index (χ3v) is 1.76. The number of rotatable bonds is 3. The summed E-state index contributed by atoms with van der Waals surface area (Å²) in [5, 5.41) is 0. The molecule has 2 nitrogen and oxygen atoms in total. The summed E-state index contributed by atoms with van der Waals surface area (Å²) < 4.78 is 17.6. The van der Waals surface area contributed by atoms with Gasteiger partial charge in [-0.1, -0.05) is 18.2 Å². The van der Waals surface area contributed by atoms with Crippen LogP contribution in [-0.4, -0.2) is 12.6 Å². The molecule has 0 fully saturated rings. The third kappa shape index (κ3) is 4.40. The van der Waals surface area contributed by atoms with Gasteiger partial charge in [0.25, 0.3) is 0 Å². The van der Waals surface area contributed by atoms with Crippen LogP contribution in [0.5, 0.6) is 0 Å². The van der Waals surface area contributed by atoms with E-state index in [0.29, 0.717) is 0 Å². The Labute approximate surface area is 88.4 Å². The largest absolute Gasteiger partial charge is 0.461 e. The standard InChI is InChI=1S/C12H13FO2/c1-9(8-15-10(2)14)6-11-4-3-5-12(13)7-11/h3-7H,8H2,1-2H3. The molecule has 15 heavy (non-hydrogen) atoms. The van der Waals surface area contributed by atoms with Crippen molar-refractivity contribution in [2.75, 3.05) is 6.61 Å². The zero-order valence-electron chi connectivity index (χ0n) is 8.79. The van der Waals surface area contributed by atoms with E-state index in [2.05, 4.69) is 0 Å². The van der Waals surface area contributed by atoms with E-state index in [9.17, 15) is 9.18 Å². The molecule has 0 bridgehead atoms. The molecule has 0 unspecified atom stereocenters. The van der Waals surface area contributed by atoms with Crippen molar-refractivity contribution in [2.45, 2.75) is 13.8 Å². The van der Waals surface area contributed by atoms with E-state index in [1.54, 1.807) is 18.2 Å². The summed E-state index contributed by atoms with van der Waals surface area (Å²) in [4.78, 5) is 10.5. The Hall–Kier alpha value is -1.64. The van der Waals surface area contributed by atoms with Crippen molar-refractivity contribution in [1.82, 2.24) is 0 Å². The van der Waals surface area contributed by atoms with Crippen LogP contribution in [0.3, 0.4) is 0 Å². The molecule has 0 aliphatic rings. The maximum Gasteiger partial charge on any atom is 0.302 e. The lowest BCUT2D eigenvalue weighted by molar-refractivity contribution is -0.139. The van der Waals surface area contributed by atoms with Gasteiger partial charge in [0, 0.05) is 6.92 Å². The van der Waals surface area contributed by atoms with Crippen LogP contribution in [0.15, 0.2) is 29.8 Å². The molecule has 3 heteroatoms. The first-order chi connectivity index (χ1) is 7.08. The van der Waals surface area contributed by atoms with Gasteiger partial charge < -0.3 is 4.74 Å². The highest BCUT2D eigenvalue weighted by atomic mass is 19.1. The van der Waals surface area contributed by atoms with Crippen LogP contribution in [0.25, 0.3) is 6.08 Å². The average Bonchev–Trinajstić information content (AvgIpc) is 2.15. The average molecular weight is 208 g/mol. The van der Waals surface area contributed by atoms with Crippen LogP contribution in [0.2, 0.25) is 0 Å². The number of hydrogen-bond acceptors (Lipinski definition) is 2. The predicted octanol–water partition coefficient (Wildman–Crippen LogP) is 2.79. The molecule has 0 saturated heterocycles. The zero-order chi connectivity index (χ0) is 11.3. The van der Waals surface area contributed by atoms with Crippen molar-refractivity contribution >= 4 is 12.0 Å². The lowest BCUT2D eigenvalue weighted by atomic mass is 10.1. The zero-order valence-corrected chi connectivity index (χ0v) is 8.79. The van der Waals surface area contributed by atoms with Gasteiger partial charge in [-0.05, 0) is 30.2 Å². The molecule has 0 N–H and O–H groups in total. The summed E-state index contributed by atoms with van der Waals surface area (Å²) in [7, 11) is 0. The van der Waals surface area contributed by atoms with Crippen LogP contribution in [0.4, 0.5) is 4.39 Å². The highest BCUT2D eigenvalue weighted by molar-refractivity contribution is 5.66. The van der Waals surface area contributed by atoms with Crippen molar-refractivity contribution in [3.8, 4) is 0 Å². The van der Waals surface area contributed by atoms with Crippen LogP contribution >= 0.6 is 0 Å². The monoisotopic (exact) mass is 208 g/mol. The van der Waals surface area contributed by atoms with Gasteiger partial charge in [-0.25, -0.2) is 4.39 Å². The molecule has 1 rings (SSSR count). The molecule has 80 valence electrons. The molecule has 0 aliphatic carbocycles. The number of ether oxygens (including phenoxy) is 1. The number of esters is 1. The summed E-state index contributed by atoms with van der Waals surface area (Å²) in [6, 6.07) is 6.25. The van der Waals surface area contributed by atoms with Crippen LogP contribution in [-0.2, 0) is 9.53 Å². The molecular formula is C12H13FO2. The minimum absolute atomic E-state index is 0.242. The summed E-state index contributed by atoms with van der Waals surface area (Å²) in [6.45, 7) is 3.43. The van der Waals surface area contributed by atoms with E-state index < -0.39 is 0 Å². The van der Waals surface area contributed by atoms with Crippen molar-refractivity contribution in [3.05, 3.63) is 41.2 Å². The molecule has 0 aromatic heterocycles. The third-order valence-electron chi connectivity index (χ3n) is 1.76. The molecule has 0 spiro atoms. The van der Waals surface area contributed by atoms with E-state index in [1.165, 1.54) is 19.1 Å². The molecule has 1 aromatic rings. The Balaban J connectivity index is 2.65. The number of hydrogen-bond donors (Lipinski definition) is 0. The van der Waals surface area contributed by atoms with Crippen LogP contribution in [0.1, 0.15) is 19.4 Å². The molecule has 0 aliphatic heterocycles. The first-order valence-electron chi connectivity index (χ1n) is 4.64. The fourth-order valence-electron chi connectivity index (χ4n) is 1.14. The maximum atomic E-state index is 12.8. The highest BCUT2D eigenvalue weighted by Gasteiger charge is 1.96. The quantitative estimate of drug-likeness (QED) is 0.714. The highest BCUT2D eigenvalue weighted by Crippen LogP contribution is 2.08. The van der Waals surface area contributed by atoms with E-state index in [4.69, 9.17) is 4.74 Å². The second-order valence-corrected chi connectivity index (χ2v) is 3.33. The molecule has 0 atom stereocenters. The Kier molecular flexibility index (Phi) is 4.03. The SMILES string of the molecule is CC(=O)OCC(C)=Cc1cccc(F)c1. The Morgan fingerprint density at radius 2 is 2.20 bits per heavy atom. The molecule has 0 amide bonds. The fourth-order valence-corrected chi connectivity index (χ4v) is 1.14. The molecule has 0 saturated carbocycles. The Morgan fingerprint density at radius 1 is 1.47 bits per heavy atom. The van der Waals surface area contributed by atoms with Crippen LogP contribution < -0.4 is 0 Å². The van der Waals surface area contributed by atoms with Gasteiger partial charge in [0.05, 0.1) is 0 Å². The minimum Gasteiger partial charge on any atom is -0.461 e. The predicted molar refractivity (Wildman–Crippen MR) is 56.7 cm³/mol. The first-order valence-corrected chi connectivity index (χ1v) is 4.64. The van der Waals surface area contributed by atoms with Gasteiger partial charge >= 0.3 is 5.97 Å². The van der Waals surface area contributed by atoms with E-state index in [1.807, 2.05) is 6.92 Å². The lowest BCUT2D eigenvalue weighted by Crippen LogP contribution is -2.01. The molecule has 1 aromatic carbocycles. The smallest absolute Gasteiger partial charge is 0.302 e. The van der Waals surface area contributed by atoms with E-state index in [0.717, 1.165) is 11.1 Å². The summed E-state index contributed by atoms with van der Waals surface area (Å²) in [5.74, 6) is -0.592. The van der Waals surface area contributed by atoms with Crippen molar-refractivity contribution in [2.24, 2.45) is 0 Å². The second kappa shape index (κ2) is 5.29.